The number of aliphatic hydroxyl groups is 1. The summed E-state index contributed by atoms with van der Waals surface area (Å²) >= 11 is 1.33. The van der Waals surface area contributed by atoms with Crippen molar-refractivity contribution in [3.8, 4) is 22.8 Å². The molecule has 1 unspecified atom stereocenters. The number of ether oxygens (including phenoxy) is 2. The minimum atomic E-state index is -0.908. The van der Waals surface area contributed by atoms with Crippen LogP contribution in [0.4, 0.5) is 4.39 Å². The number of nitrogens with zero attached hydrogens (tertiary/aromatic N) is 1. The predicted octanol–water partition coefficient (Wildman–Crippen LogP) is 6.12. The Labute approximate surface area is 195 Å². The number of halogens is 1. The van der Waals surface area contributed by atoms with Gasteiger partial charge in [-0.3, -0.25) is 9.78 Å². The minimum Gasteiger partial charge on any atom is -0.493 e. The number of hydrogen-bond donors (Lipinski definition) is 1. The number of aliphatic hydroxyl groups excluding tert-OH is 1. The van der Waals surface area contributed by atoms with Crippen molar-refractivity contribution in [3.63, 3.8) is 0 Å². The van der Waals surface area contributed by atoms with Gasteiger partial charge in [0.2, 0.25) is 0 Å². The molecule has 0 aliphatic rings. The van der Waals surface area contributed by atoms with Gasteiger partial charge in [-0.25, -0.2) is 4.39 Å². The topological polar surface area (TPSA) is 68.7 Å². The molecule has 170 valence electrons. The van der Waals surface area contributed by atoms with Crippen molar-refractivity contribution in [3.05, 3.63) is 76.5 Å². The molecule has 1 atom stereocenters. The van der Waals surface area contributed by atoms with Gasteiger partial charge in [-0.1, -0.05) is 12.1 Å². The van der Waals surface area contributed by atoms with Crippen LogP contribution in [-0.2, 0) is 0 Å². The summed E-state index contributed by atoms with van der Waals surface area (Å²) in [6.07, 6.45) is -0.537. The zero-order chi connectivity index (χ0) is 23.5. The highest BCUT2D eigenvalue weighted by atomic mass is 32.1. The molecule has 0 saturated carbocycles. The van der Waals surface area contributed by atoms with E-state index >= 15 is 0 Å². The fraction of sp³-hybridized carbons (Fsp3) is 0.231. The first kappa shape index (κ1) is 22.9. The lowest BCUT2D eigenvalue weighted by molar-refractivity contribution is 0.0937. The van der Waals surface area contributed by atoms with E-state index in [-0.39, 0.29) is 24.4 Å². The number of thiophene rings is 1. The number of carbonyl (C=O) groups is 1. The van der Waals surface area contributed by atoms with E-state index in [4.69, 9.17) is 9.47 Å². The van der Waals surface area contributed by atoms with Crippen LogP contribution in [0, 0.1) is 12.7 Å². The molecule has 2 aromatic heterocycles. The Hall–Kier alpha value is -3.29. The number of methoxy groups -OCH3 is 2. The standard InChI is InChI=1S/C26H24FNO4S/c1-15-11-20(18-14-33-26-17(18)5-4-6-19(26)27)28-21(12-15)23(30)9-8-22(29)16-7-10-24(31-2)25(13-16)32-3/h4-7,10-14,23,30H,8-9H2,1-3H3. The Morgan fingerprint density at radius 3 is 2.67 bits per heavy atom. The molecule has 7 heteroatoms. The maximum atomic E-state index is 14.1. The highest BCUT2D eigenvalue weighted by Crippen LogP contribution is 2.35. The van der Waals surface area contributed by atoms with Crippen LogP contribution in [0.2, 0.25) is 0 Å². The molecule has 0 amide bonds. The van der Waals surface area contributed by atoms with E-state index in [0.717, 1.165) is 16.5 Å². The summed E-state index contributed by atoms with van der Waals surface area (Å²) in [6, 6.07) is 13.7. The van der Waals surface area contributed by atoms with Gasteiger partial charge >= 0.3 is 0 Å². The molecule has 0 fully saturated rings. The molecular weight excluding hydrogens is 441 g/mol. The Morgan fingerprint density at radius 1 is 1.12 bits per heavy atom. The highest BCUT2D eigenvalue weighted by Gasteiger charge is 2.18. The van der Waals surface area contributed by atoms with E-state index in [1.54, 1.807) is 24.3 Å². The molecule has 0 spiro atoms. The summed E-state index contributed by atoms with van der Waals surface area (Å²) < 4.78 is 25.2. The van der Waals surface area contributed by atoms with Crippen molar-refractivity contribution in [2.24, 2.45) is 0 Å². The number of fused-ring (bicyclic) bond motifs is 1. The van der Waals surface area contributed by atoms with E-state index in [1.165, 1.54) is 31.6 Å². The average Bonchev–Trinajstić information content (AvgIpc) is 3.27. The van der Waals surface area contributed by atoms with Crippen LogP contribution < -0.4 is 9.47 Å². The fourth-order valence-corrected chi connectivity index (χ4v) is 4.76. The Morgan fingerprint density at radius 2 is 1.91 bits per heavy atom. The number of aryl methyl sites for hydroxylation is 1. The molecule has 1 N–H and O–H groups in total. The molecule has 0 radical (unpaired) electrons. The normalized spacial score (nSPS) is 12.0. The number of carbonyl (C=O) groups excluding carboxylic acids is 1. The lowest BCUT2D eigenvalue weighted by Crippen LogP contribution is -2.07. The van der Waals surface area contributed by atoms with E-state index in [9.17, 15) is 14.3 Å². The van der Waals surface area contributed by atoms with Gasteiger partial charge in [0.15, 0.2) is 17.3 Å². The molecule has 0 aliphatic carbocycles. The first-order valence-electron chi connectivity index (χ1n) is 10.5. The lowest BCUT2D eigenvalue weighted by atomic mass is 10.0. The van der Waals surface area contributed by atoms with Crippen molar-refractivity contribution in [2.45, 2.75) is 25.9 Å². The Bertz CT molecular complexity index is 1320. The molecule has 4 aromatic rings. The minimum absolute atomic E-state index is 0.109. The van der Waals surface area contributed by atoms with Gasteiger partial charge in [0.1, 0.15) is 5.82 Å². The number of benzene rings is 2. The first-order valence-corrected chi connectivity index (χ1v) is 11.4. The summed E-state index contributed by atoms with van der Waals surface area (Å²) in [6.45, 7) is 1.92. The average molecular weight is 466 g/mol. The summed E-state index contributed by atoms with van der Waals surface area (Å²) in [5.41, 5.74) is 3.40. The maximum Gasteiger partial charge on any atom is 0.163 e. The lowest BCUT2D eigenvalue weighted by Gasteiger charge is -2.13. The van der Waals surface area contributed by atoms with E-state index in [2.05, 4.69) is 4.98 Å². The third-order valence-corrected chi connectivity index (χ3v) is 6.51. The molecule has 0 saturated heterocycles. The van der Waals surface area contributed by atoms with Gasteiger partial charge in [-0.2, -0.15) is 0 Å². The second kappa shape index (κ2) is 9.68. The molecule has 4 rings (SSSR count). The van der Waals surface area contributed by atoms with Crippen LogP contribution in [0.1, 0.15) is 40.6 Å². The maximum absolute atomic E-state index is 14.1. The second-order valence-electron chi connectivity index (χ2n) is 7.77. The van der Waals surface area contributed by atoms with E-state index in [1.807, 2.05) is 30.5 Å². The molecule has 5 nitrogen and oxygen atoms in total. The SMILES string of the molecule is COc1ccc(C(=O)CCC(O)c2cc(C)cc(-c3csc4c(F)cccc34)n2)cc1OC. The zero-order valence-corrected chi connectivity index (χ0v) is 19.4. The van der Waals surface area contributed by atoms with Gasteiger partial charge in [0.05, 0.1) is 36.4 Å². The summed E-state index contributed by atoms with van der Waals surface area (Å²) in [4.78, 5) is 17.3. The van der Waals surface area contributed by atoms with Gasteiger partial charge in [-0.15, -0.1) is 11.3 Å². The second-order valence-corrected chi connectivity index (χ2v) is 8.65. The van der Waals surface area contributed by atoms with Crippen LogP contribution in [0.25, 0.3) is 21.3 Å². The van der Waals surface area contributed by atoms with Gasteiger partial charge in [0, 0.05) is 28.3 Å². The summed E-state index contributed by atoms with van der Waals surface area (Å²) in [7, 11) is 3.05. The van der Waals surface area contributed by atoms with Crippen molar-refractivity contribution in [1.29, 1.82) is 0 Å². The smallest absolute Gasteiger partial charge is 0.163 e. The van der Waals surface area contributed by atoms with E-state index in [0.29, 0.717) is 33.2 Å². The molecular formula is C26H24FNO4S. The molecule has 0 bridgehead atoms. The molecule has 0 aliphatic heterocycles. The predicted molar refractivity (Wildman–Crippen MR) is 128 cm³/mol. The Kier molecular flexibility index (Phi) is 6.72. The van der Waals surface area contributed by atoms with Gasteiger partial charge in [0.25, 0.3) is 0 Å². The number of ketones is 1. The Balaban J connectivity index is 1.53. The highest BCUT2D eigenvalue weighted by molar-refractivity contribution is 7.17. The largest absolute Gasteiger partial charge is 0.493 e. The quantitative estimate of drug-likeness (QED) is 0.317. The zero-order valence-electron chi connectivity index (χ0n) is 18.6. The number of hydrogen-bond acceptors (Lipinski definition) is 6. The molecule has 33 heavy (non-hydrogen) atoms. The van der Waals surface area contributed by atoms with Crippen molar-refractivity contribution in [1.82, 2.24) is 4.98 Å². The van der Waals surface area contributed by atoms with Crippen LogP contribution in [0.5, 0.6) is 11.5 Å². The summed E-state index contributed by atoms with van der Waals surface area (Å²) in [5.74, 6) is 0.659. The number of pyridine rings is 1. The monoisotopic (exact) mass is 465 g/mol. The number of rotatable bonds is 8. The van der Waals surface area contributed by atoms with E-state index < -0.39 is 6.10 Å². The van der Waals surface area contributed by atoms with Crippen LogP contribution in [0.15, 0.2) is 53.9 Å². The van der Waals surface area contributed by atoms with Crippen LogP contribution in [0.3, 0.4) is 0 Å². The van der Waals surface area contributed by atoms with Crippen molar-refractivity contribution < 1.29 is 23.8 Å². The first-order chi connectivity index (χ1) is 15.9. The number of Topliss-reactive ketones (excluding diaryl/α,β-unsaturated/α-hetero) is 1. The third kappa shape index (κ3) is 4.74. The van der Waals surface area contributed by atoms with Crippen LogP contribution >= 0.6 is 11.3 Å². The van der Waals surface area contributed by atoms with Crippen molar-refractivity contribution >= 4 is 27.2 Å². The molecule has 2 heterocycles. The fourth-order valence-electron chi connectivity index (χ4n) is 3.79. The van der Waals surface area contributed by atoms with Crippen molar-refractivity contribution in [2.75, 3.05) is 14.2 Å². The molecule has 2 aromatic carbocycles. The summed E-state index contributed by atoms with van der Waals surface area (Å²) in [5, 5.41) is 13.5. The third-order valence-electron chi connectivity index (χ3n) is 5.51. The van der Waals surface area contributed by atoms with Gasteiger partial charge in [-0.05, 0) is 55.3 Å². The number of aromatic nitrogens is 1. The van der Waals surface area contributed by atoms with Gasteiger partial charge < -0.3 is 14.6 Å². The van der Waals surface area contributed by atoms with Crippen LogP contribution in [-0.4, -0.2) is 30.1 Å².